The number of carbonyl (C=O) groups is 1. The van der Waals surface area contributed by atoms with E-state index in [0.717, 1.165) is 6.42 Å². The number of hydrogen-bond acceptors (Lipinski definition) is 4. The fraction of sp³-hybridized carbons (Fsp3) is 0.875. The Morgan fingerprint density at radius 3 is 2.71 bits per heavy atom. The maximum atomic E-state index is 10.9. The first-order valence-electron chi connectivity index (χ1n) is 4.55. The van der Waals surface area contributed by atoms with Crippen LogP contribution in [0.2, 0.25) is 0 Å². The van der Waals surface area contributed by atoms with Crippen LogP contribution in [-0.4, -0.2) is 55.5 Å². The molecule has 1 aliphatic rings. The van der Waals surface area contributed by atoms with E-state index in [1.807, 2.05) is 0 Å². The maximum absolute atomic E-state index is 10.9. The van der Waals surface area contributed by atoms with Gasteiger partial charge in [0.2, 0.25) is 0 Å². The lowest BCUT2D eigenvalue weighted by Crippen LogP contribution is -2.38. The van der Waals surface area contributed by atoms with E-state index in [1.165, 1.54) is 6.26 Å². The van der Waals surface area contributed by atoms with E-state index in [9.17, 15) is 13.2 Å². The summed E-state index contributed by atoms with van der Waals surface area (Å²) in [4.78, 5) is 12.5. The van der Waals surface area contributed by atoms with Gasteiger partial charge < -0.3 is 5.11 Å². The third-order valence-electron chi connectivity index (χ3n) is 2.40. The van der Waals surface area contributed by atoms with Crippen molar-refractivity contribution < 1.29 is 18.3 Å². The highest BCUT2D eigenvalue weighted by atomic mass is 32.2. The van der Waals surface area contributed by atoms with Crippen molar-refractivity contribution in [2.75, 3.05) is 25.1 Å². The molecule has 0 radical (unpaired) electrons. The van der Waals surface area contributed by atoms with Crippen LogP contribution in [0.5, 0.6) is 0 Å². The SMILES string of the molecule is CS(=O)(=O)CCN1CCCC1C(=O)O. The molecular formula is C8H15NO4S. The second kappa shape index (κ2) is 4.27. The van der Waals surface area contributed by atoms with Crippen molar-refractivity contribution in [2.24, 2.45) is 0 Å². The fourth-order valence-electron chi connectivity index (χ4n) is 1.66. The monoisotopic (exact) mass is 221 g/mol. The van der Waals surface area contributed by atoms with Gasteiger partial charge in [0.05, 0.1) is 5.75 Å². The summed E-state index contributed by atoms with van der Waals surface area (Å²) in [5, 5.41) is 8.82. The zero-order valence-electron chi connectivity index (χ0n) is 8.14. The van der Waals surface area contributed by atoms with Crippen LogP contribution >= 0.6 is 0 Å². The maximum Gasteiger partial charge on any atom is 0.320 e. The largest absolute Gasteiger partial charge is 0.480 e. The summed E-state index contributed by atoms with van der Waals surface area (Å²) in [6.07, 6.45) is 2.62. The zero-order chi connectivity index (χ0) is 10.8. The lowest BCUT2D eigenvalue weighted by Gasteiger charge is -2.19. The smallest absolute Gasteiger partial charge is 0.320 e. The minimum absolute atomic E-state index is 0.0385. The van der Waals surface area contributed by atoms with E-state index in [-0.39, 0.29) is 5.75 Å². The molecule has 1 fully saturated rings. The number of aliphatic carboxylic acids is 1. The van der Waals surface area contributed by atoms with E-state index in [2.05, 4.69) is 0 Å². The molecule has 1 saturated heterocycles. The van der Waals surface area contributed by atoms with Crippen molar-refractivity contribution in [3.05, 3.63) is 0 Å². The summed E-state index contributed by atoms with van der Waals surface area (Å²) in [5.74, 6) is -0.812. The van der Waals surface area contributed by atoms with Gasteiger partial charge in [-0.25, -0.2) is 8.42 Å². The van der Waals surface area contributed by atoms with Gasteiger partial charge in [-0.3, -0.25) is 9.69 Å². The average molecular weight is 221 g/mol. The summed E-state index contributed by atoms with van der Waals surface area (Å²) >= 11 is 0. The Morgan fingerprint density at radius 1 is 1.57 bits per heavy atom. The van der Waals surface area contributed by atoms with Gasteiger partial charge in [-0.2, -0.15) is 0 Å². The Morgan fingerprint density at radius 2 is 2.21 bits per heavy atom. The second-order valence-electron chi connectivity index (χ2n) is 3.66. The molecule has 0 saturated carbocycles. The molecule has 1 N–H and O–H groups in total. The normalized spacial score (nSPS) is 23.9. The molecule has 0 aromatic carbocycles. The van der Waals surface area contributed by atoms with Crippen LogP contribution in [0.15, 0.2) is 0 Å². The number of carboxylic acids is 1. The van der Waals surface area contributed by atoms with E-state index in [0.29, 0.717) is 19.5 Å². The number of likely N-dealkylation sites (tertiary alicyclic amines) is 1. The van der Waals surface area contributed by atoms with Crippen molar-refractivity contribution in [3.8, 4) is 0 Å². The number of nitrogens with zero attached hydrogens (tertiary/aromatic N) is 1. The molecule has 82 valence electrons. The Hall–Kier alpha value is -0.620. The van der Waals surface area contributed by atoms with Gasteiger partial charge in [-0.05, 0) is 19.4 Å². The zero-order valence-corrected chi connectivity index (χ0v) is 8.96. The number of hydrogen-bond donors (Lipinski definition) is 1. The first-order valence-corrected chi connectivity index (χ1v) is 6.61. The summed E-state index contributed by atoms with van der Waals surface area (Å²) < 4.78 is 21.8. The Labute approximate surface area is 83.6 Å². The minimum atomic E-state index is -3.00. The molecular weight excluding hydrogens is 206 g/mol. The van der Waals surface area contributed by atoms with Gasteiger partial charge in [0.25, 0.3) is 0 Å². The van der Waals surface area contributed by atoms with Gasteiger partial charge in [-0.1, -0.05) is 0 Å². The quantitative estimate of drug-likeness (QED) is 0.698. The molecule has 6 heteroatoms. The van der Waals surface area contributed by atoms with Crippen LogP contribution in [0.1, 0.15) is 12.8 Å². The standard InChI is InChI=1S/C8H15NO4S/c1-14(12,13)6-5-9-4-2-3-7(9)8(10)11/h7H,2-6H2,1H3,(H,10,11). The predicted octanol–water partition coefficient (Wildman–Crippen LogP) is -0.420. The molecule has 0 spiro atoms. The highest BCUT2D eigenvalue weighted by molar-refractivity contribution is 7.90. The highest BCUT2D eigenvalue weighted by Crippen LogP contribution is 2.16. The minimum Gasteiger partial charge on any atom is -0.480 e. The first kappa shape index (κ1) is 11.5. The lowest BCUT2D eigenvalue weighted by atomic mass is 10.2. The number of rotatable bonds is 4. The summed E-state index contributed by atoms with van der Waals surface area (Å²) in [7, 11) is -3.00. The van der Waals surface area contributed by atoms with Crippen LogP contribution in [0.3, 0.4) is 0 Å². The molecule has 5 nitrogen and oxygen atoms in total. The number of sulfone groups is 1. The molecule has 0 aromatic heterocycles. The predicted molar refractivity (Wildman–Crippen MR) is 51.9 cm³/mol. The molecule has 0 aromatic rings. The average Bonchev–Trinajstić information content (AvgIpc) is 2.46. The molecule has 1 aliphatic heterocycles. The Balaban J connectivity index is 2.48. The van der Waals surface area contributed by atoms with Crippen LogP contribution in [0, 0.1) is 0 Å². The van der Waals surface area contributed by atoms with E-state index in [4.69, 9.17) is 5.11 Å². The number of carboxylic acid groups (broad SMARTS) is 1. The topological polar surface area (TPSA) is 74.7 Å². The van der Waals surface area contributed by atoms with Crippen LogP contribution in [0.25, 0.3) is 0 Å². The van der Waals surface area contributed by atoms with Crippen molar-refractivity contribution in [1.29, 1.82) is 0 Å². The molecule has 1 heterocycles. The van der Waals surface area contributed by atoms with Gasteiger partial charge >= 0.3 is 5.97 Å². The van der Waals surface area contributed by atoms with Crippen LogP contribution in [0.4, 0.5) is 0 Å². The Bertz CT molecular complexity index is 311. The molecule has 0 aliphatic carbocycles. The van der Waals surface area contributed by atoms with Crippen LogP contribution in [-0.2, 0) is 14.6 Å². The van der Waals surface area contributed by atoms with Crippen molar-refractivity contribution in [2.45, 2.75) is 18.9 Å². The van der Waals surface area contributed by atoms with Gasteiger partial charge in [0, 0.05) is 12.8 Å². The first-order chi connectivity index (χ1) is 6.40. The molecule has 1 atom stereocenters. The van der Waals surface area contributed by atoms with Gasteiger partial charge in [-0.15, -0.1) is 0 Å². The van der Waals surface area contributed by atoms with Gasteiger partial charge in [0.15, 0.2) is 0 Å². The van der Waals surface area contributed by atoms with Crippen molar-refractivity contribution in [3.63, 3.8) is 0 Å². The van der Waals surface area contributed by atoms with Crippen molar-refractivity contribution >= 4 is 15.8 Å². The molecule has 1 unspecified atom stereocenters. The third kappa shape index (κ3) is 3.26. The highest BCUT2D eigenvalue weighted by Gasteiger charge is 2.30. The lowest BCUT2D eigenvalue weighted by molar-refractivity contribution is -0.142. The Kier molecular flexibility index (Phi) is 3.49. The molecule has 14 heavy (non-hydrogen) atoms. The molecule has 0 amide bonds. The third-order valence-corrected chi connectivity index (χ3v) is 3.32. The molecule has 1 rings (SSSR count). The second-order valence-corrected chi connectivity index (χ2v) is 5.92. The van der Waals surface area contributed by atoms with Gasteiger partial charge in [0.1, 0.15) is 15.9 Å². The summed E-state index contributed by atoms with van der Waals surface area (Å²) in [6.45, 7) is 1.02. The summed E-state index contributed by atoms with van der Waals surface area (Å²) in [5.41, 5.74) is 0. The fourth-order valence-corrected chi connectivity index (χ4v) is 2.22. The summed E-state index contributed by atoms with van der Waals surface area (Å²) in [6, 6.07) is -0.489. The van der Waals surface area contributed by atoms with E-state index >= 15 is 0 Å². The van der Waals surface area contributed by atoms with Crippen LogP contribution < -0.4 is 0 Å². The van der Waals surface area contributed by atoms with E-state index in [1.54, 1.807) is 4.90 Å². The van der Waals surface area contributed by atoms with E-state index < -0.39 is 21.8 Å². The van der Waals surface area contributed by atoms with Crippen molar-refractivity contribution in [1.82, 2.24) is 4.90 Å². The molecule has 0 bridgehead atoms.